The minimum absolute atomic E-state index is 0.164. The molecule has 0 radical (unpaired) electrons. The van der Waals surface area contributed by atoms with Gasteiger partial charge >= 0.3 is 20.7 Å². The number of carbonyl (C=O) groups excluding carboxylic acids is 3. The Kier molecular flexibility index (Phi) is 7.02. The van der Waals surface area contributed by atoms with Crippen LogP contribution in [0, 0.1) is 0 Å². The standard InChI is InChI=1S/C11H18O7Si/c1-6-16-19(5,17-9(4)12)18-10(13)7-15-11(14)8(2)3/h2,6-7H2,1,3-5H3. The first-order chi connectivity index (χ1) is 8.70. The van der Waals surface area contributed by atoms with Gasteiger partial charge in [0.1, 0.15) is 0 Å². The zero-order chi connectivity index (χ0) is 15.1. The summed E-state index contributed by atoms with van der Waals surface area (Å²) in [5.74, 6) is -2.17. The summed E-state index contributed by atoms with van der Waals surface area (Å²) < 4.78 is 19.6. The minimum Gasteiger partial charge on any atom is -0.465 e. The molecule has 0 amide bonds. The summed E-state index contributed by atoms with van der Waals surface area (Å²) in [4.78, 5) is 33.5. The molecule has 0 aromatic carbocycles. The van der Waals surface area contributed by atoms with Crippen LogP contribution in [0.3, 0.4) is 0 Å². The van der Waals surface area contributed by atoms with E-state index in [1.807, 2.05) is 0 Å². The SMILES string of the molecule is C=C(C)C(=O)OCC(=O)O[Si](C)(OCC)OC(C)=O. The first kappa shape index (κ1) is 17.3. The Morgan fingerprint density at radius 2 is 1.74 bits per heavy atom. The average molecular weight is 290 g/mol. The van der Waals surface area contributed by atoms with Crippen LogP contribution in [0.1, 0.15) is 20.8 Å². The normalized spacial score (nSPS) is 13.1. The molecule has 0 aromatic heterocycles. The van der Waals surface area contributed by atoms with Gasteiger partial charge in [-0.15, -0.1) is 0 Å². The van der Waals surface area contributed by atoms with Crippen molar-refractivity contribution in [3.05, 3.63) is 12.2 Å². The summed E-state index contributed by atoms with van der Waals surface area (Å²) in [7, 11) is -3.39. The topological polar surface area (TPSA) is 88.1 Å². The maximum Gasteiger partial charge on any atom is 0.632 e. The molecule has 0 saturated heterocycles. The minimum atomic E-state index is -3.39. The van der Waals surface area contributed by atoms with Gasteiger partial charge in [-0.25, -0.2) is 9.59 Å². The third-order valence-electron chi connectivity index (χ3n) is 1.70. The summed E-state index contributed by atoms with van der Waals surface area (Å²) in [6.07, 6.45) is 0. The van der Waals surface area contributed by atoms with Gasteiger partial charge in [0.05, 0.1) is 0 Å². The average Bonchev–Trinajstić information content (AvgIpc) is 2.24. The summed E-state index contributed by atoms with van der Waals surface area (Å²) in [6, 6.07) is 0. The van der Waals surface area contributed by atoms with Gasteiger partial charge in [-0.1, -0.05) is 6.58 Å². The molecule has 0 aromatic rings. The molecule has 19 heavy (non-hydrogen) atoms. The highest BCUT2D eigenvalue weighted by Gasteiger charge is 2.42. The number of rotatable bonds is 7. The predicted octanol–water partition coefficient (Wildman–Crippen LogP) is 0.817. The van der Waals surface area contributed by atoms with Gasteiger partial charge < -0.3 is 18.0 Å². The van der Waals surface area contributed by atoms with Gasteiger partial charge in [0, 0.05) is 25.7 Å². The Hall–Kier alpha value is -1.67. The number of hydrogen-bond donors (Lipinski definition) is 0. The van der Waals surface area contributed by atoms with Crippen LogP contribution in [0.15, 0.2) is 12.2 Å². The van der Waals surface area contributed by atoms with Crippen LogP contribution in [0.5, 0.6) is 0 Å². The van der Waals surface area contributed by atoms with Crippen molar-refractivity contribution >= 4 is 26.7 Å². The van der Waals surface area contributed by atoms with Gasteiger partial charge in [0.25, 0.3) is 5.97 Å². The van der Waals surface area contributed by atoms with Crippen LogP contribution in [-0.2, 0) is 32.4 Å². The van der Waals surface area contributed by atoms with Crippen molar-refractivity contribution in [3.8, 4) is 0 Å². The second-order valence-electron chi connectivity index (χ2n) is 3.72. The molecule has 0 N–H and O–H groups in total. The molecule has 0 saturated carbocycles. The second kappa shape index (κ2) is 7.69. The molecular formula is C11H18O7Si. The highest BCUT2D eigenvalue weighted by Crippen LogP contribution is 2.10. The molecule has 8 heteroatoms. The molecule has 7 nitrogen and oxygen atoms in total. The lowest BCUT2D eigenvalue weighted by Gasteiger charge is -2.23. The maximum atomic E-state index is 11.5. The Bertz CT molecular complexity index is 379. The molecule has 1 atom stereocenters. The molecule has 0 spiro atoms. The van der Waals surface area contributed by atoms with E-state index in [9.17, 15) is 14.4 Å². The van der Waals surface area contributed by atoms with Gasteiger partial charge in [0.15, 0.2) is 6.61 Å². The van der Waals surface area contributed by atoms with Crippen LogP contribution >= 0.6 is 0 Å². The van der Waals surface area contributed by atoms with Crippen molar-refractivity contribution in [1.82, 2.24) is 0 Å². The fourth-order valence-electron chi connectivity index (χ4n) is 1.09. The molecule has 108 valence electrons. The van der Waals surface area contributed by atoms with Crippen LogP contribution in [0.25, 0.3) is 0 Å². The first-order valence-electron chi connectivity index (χ1n) is 5.58. The number of carbonyl (C=O) groups is 3. The molecule has 0 rings (SSSR count). The lowest BCUT2D eigenvalue weighted by atomic mass is 10.4. The van der Waals surface area contributed by atoms with Crippen LogP contribution in [0.2, 0.25) is 6.55 Å². The molecule has 0 heterocycles. The van der Waals surface area contributed by atoms with Crippen molar-refractivity contribution < 1.29 is 32.4 Å². The smallest absolute Gasteiger partial charge is 0.465 e. The Morgan fingerprint density at radius 1 is 1.16 bits per heavy atom. The van der Waals surface area contributed by atoms with Crippen molar-refractivity contribution in [2.45, 2.75) is 27.3 Å². The summed E-state index contributed by atoms with van der Waals surface area (Å²) in [5, 5.41) is 0. The van der Waals surface area contributed by atoms with Crippen LogP contribution < -0.4 is 0 Å². The van der Waals surface area contributed by atoms with Crippen molar-refractivity contribution in [1.29, 1.82) is 0 Å². The Balaban J connectivity index is 4.43. The summed E-state index contributed by atoms with van der Waals surface area (Å²) >= 11 is 0. The van der Waals surface area contributed by atoms with Crippen molar-refractivity contribution in [3.63, 3.8) is 0 Å². The van der Waals surface area contributed by atoms with E-state index in [1.54, 1.807) is 6.92 Å². The number of ether oxygens (including phenoxy) is 1. The van der Waals surface area contributed by atoms with E-state index in [1.165, 1.54) is 20.4 Å². The monoisotopic (exact) mass is 290 g/mol. The fraction of sp³-hybridized carbons (Fsp3) is 0.545. The second-order valence-corrected chi connectivity index (χ2v) is 6.14. The molecule has 1 unspecified atom stereocenters. The Morgan fingerprint density at radius 3 is 2.16 bits per heavy atom. The summed E-state index contributed by atoms with van der Waals surface area (Å²) in [5.41, 5.74) is 0.164. The third kappa shape index (κ3) is 7.37. The molecular weight excluding hydrogens is 272 g/mol. The quantitative estimate of drug-likeness (QED) is 0.389. The molecule has 0 aliphatic carbocycles. The fourth-order valence-corrected chi connectivity index (χ4v) is 2.77. The van der Waals surface area contributed by atoms with Gasteiger partial charge in [0.2, 0.25) is 0 Å². The molecule has 0 bridgehead atoms. The van der Waals surface area contributed by atoms with E-state index in [2.05, 4.69) is 11.3 Å². The van der Waals surface area contributed by atoms with Gasteiger partial charge in [-0.05, 0) is 13.8 Å². The first-order valence-corrected chi connectivity index (χ1v) is 7.80. The van der Waals surface area contributed by atoms with Gasteiger partial charge in [-0.2, -0.15) is 0 Å². The lowest BCUT2D eigenvalue weighted by molar-refractivity contribution is -0.155. The molecule has 0 fully saturated rings. The van der Waals surface area contributed by atoms with E-state index in [0.29, 0.717) is 0 Å². The third-order valence-corrected chi connectivity index (χ3v) is 3.77. The highest BCUT2D eigenvalue weighted by molar-refractivity contribution is 6.62. The van der Waals surface area contributed by atoms with E-state index < -0.39 is 33.3 Å². The van der Waals surface area contributed by atoms with E-state index >= 15 is 0 Å². The lowest BCUT2D eigenvalue weighted by Crippen LogP contribution is -2.46. The maximum absolute atomic E-state index is 11.5. The van der Waals surface area contributed by atoms with E-state index in [4.69, 9.17) is 13.3 Å². The number of hydrogen-bond acceptors (Lipinski definition) is 7. The molecule has 0 aliphatic rings. The largest absolute Gasteiger partial charge is 0.632 e. The Labute approximate surface area is 112 Å². The van der Waals surface area contributed by atoms with E-state index in [-0.39, 0.29) is 12.2 Å². The van der Waals surface area contributed by atoms with Crippen LogP contribution in [-0.4, -0.2) is 39.9 Å². The van der Waals surface area contributed by atoms with Crippen molar-refractivity contribution in [2.24, 2.45) is 0 Å². The van der Waals surface area contributed by atoms with Crippen LogP contribution in [0.4, 0.5) is 0 Å². The highest BCUT2D eigenvalue weighted by atomic mass is 28.4. The zero-order valence-electron chi connectivity index (χ0n) is 11.5. The van der Waals surface area contributed by atoms with Gasteiger partial charge in [-0.3, -0.25) is 4.79 Å². The summed E-state index contributed by atoms with van der Waals surface area (Å²) in [6.45, 7) is 8.69. The number of esters is 1. The predicted molar refractivity (Wildman–Crippen MR) is 66.9 cm³/mol. The van der Waals surface area contributed by atoms with E-state index in [0.717, 1.165) is 0 Å². The van der Waals surface area contributed by atoms with Crippen molar-refractivity contribution in [2.75, 3.05) is 13.2 Å². The molecule has 0 aliphatic heterocycles. The zero-order valence-corrected chi connectivity index (χ0v) is 12.5.